The van der Waals surface area contributed by atoms with E-state index in [-0.39, 0.29) is 5.91 Å². The molecule has 0 aliphatic rings. The molecule has 0 radical (unpaired) electrons. The number of ether oxygens (including phenoxy) is 2. The van der Waals surface area contributed by atoms with E-state index in [4.69, 9.17) is 9.47 Å². The van der Waals surface area contributed by atoms with Crippen molar-refractivity contribution in [1.29, 1.82) is 0 Å². The number of nitrogens with one attached hydrogen (secondary N) is 1. The molecular formula is C25H24N2O4. The Bertz CT molecular complexity index is 1060. The molecule has 6 heteroatoms. The summed E-state index contributed by atoms with van der Waals surface area (Å²) >= 11 is 0. The van der Waals surface area contributed by atoms with Crippen LogP contribution in [0.4, 0.5) is 0 Å². The molecule has 0 aromatic heterocycles. The van der Waals surface area contributed by atoms with Crippen LogP contribution in [0.3, 0.4) is 0 Å². The summed E-state index contributed by atoms with van der Waals surface area (Å²) < 4.78 is 10.9. The van der Waals surface area contributed by atoms with Crippen molar-refractivity contribution >= 4 is 18.1 Å². The van der Waals surface area contributed by atoms with E-state index in [1.807, 2.05) is 26.0 Å². The van der Waals surface area contributed by atoms with Gasteiger partial charge in [0, 0.05) is 5.56 Å². The molecule has 158 valence electrons. The molecule has 0 atom stereocenters. The molecule has 0 heterocycles. The van der Waals surface area contributed by atoms with Gasteiger partial charge >= 0.3 is 5.97 Å². The van der Waals surface area contributed by atoms with E-state index in [1.54, 1.807) is 60.7 Å². The van der Waals surface area contributed by atoms with Crippen molar-refractivity contribution in [3.8, 4) is 11.5 Å². The average molecular weight is 416 g/mol. The highest BCUT2D eigenvalue weighted by molar-refractivity contribution is 5.95. The van der Waals surface area contributed by atoms with Crippen molar-refractivity contribution in [1.82, 2.24) is 5.43 Å². The fraction of sp³-hybridized carbons (Fsp3) is 0.160. The number of hydrogen-bond donors (Lipinski definition) is 1. The molecule has 0 unspecified atom stereocenters. The number of benzene rings is 3. The Labute approximate surface area is 181 Å². The molecule has 0 saturated heterocycles. The normalized spacial score (nSPS) is 10.6. The second-order valence-corrected chi connectivity index (χ2v) is 6.85. The smallest absolute Gasteiger partial charge is 0.343 e. The Kier molecular flexibility index (Phi) is 7.54. The molecule has 0 saturated carbocycles. The Morgan fingerprint density at radius 2 is 1.61 bits per heavy atom. The van der Waals surface area contributed by atoms with Crippen LogP contribution in [0, 0.1) is 6.92 Å². The molecule has 3 rings (SSSR count). The summed E-state index contributed by atoms with van der Waals surface area (Å²) in [5, 5.41) is 3.98. The number of amides is 1. The highest BCUT2D eigenvalue weighted by Gasteiger charge is 2.10. The summed E-state index contributed by atoms with van der Waals surface area (Å²) in [5.41, 5.74) is 5.11. The van der Waals surface area contributed by atoms with Gasteiger partial charge < -0.3 is 9.47 Å². The van der Waals surface area contributed by atoms with Gasteiger partial charge in [0.05, 0.1) is 18.4 Å². The summed E-state index contributed by atoms with van der Waals surface area (Å²) in [6.07, 6.45) is 2.44. The lowest BCUT2D eigenvalue weighted by Gasteiger charge is -2.06. The third-order valence-corrected chi connectivity index (χ3v) is 4.42. The van der Waals surface area contributed by atoms with Gasteiger partial charge in [-0.3, -0.25) is 4.79 Å². The molecule has 0 fully saturated rings. The Balaban J connectivity index is 1.53. The summed E-state index contributed by atoms with van der Waals surface area (Å²) in [6.45, 7) is 4.53. The second kappa shape index (κ2) is 10.7. The molecule has 3 aromatic rings. The summed E-state index contributed by atoms with van der Waals surface area (Å²) in [4.78, 5) is 24.4. The largest absolute Gasteiger partial charge is 0.494 e. The van der Waals surface area contributed by atoms with Crippen molar-refractivity contribution < 1.29 is 19.1 Å². The molecule has 0 aliphatic heterocycles. The maximum atomic E-state index is 12.3. The minimum Gasteiger partial charge on any atom is -0.494 e. The number of hydrazone groups is 1. The van der Waals surface area contributed by atoms with E-state index in [1.165, 1.54) is 6.21 Å². The summed E-state index contributed by atoms with van der Waals surface area (Å²) in [5.74, 6) is 0.435. The first-order chi connectivity index (χ1) is 15.1. The Morgan fingerprint density at radius 1 is 0.935 bits per heavy atom. The average Bonchev–Trinajstić information content (AvgIpc) is 2.79. The number of rotatable bonds is 8. The molecule has 0 aliphatic carbocycles. The maximum absolute atomic E-state index is 12.3. The van der Waals surface area contributed by atoms with Gasteiger partial charge in [0.2, 0.25) is 0 Å². The minimum absolute atomic E-state index is 0.318. The van der Waals surface area contributed by atoms with Crippen LogP contribution >= 0.6 is 0 Å². The van der Waals surface area contributed by atoms with Crippen LogP contribution in [0.5, 0.6) is 11.5 Å². The van der Waals surface area contributed by atoms with Gasteiger partial charge in [0.1, 0.15) is 11.5 Å². The van der Waals surface area contributed by atoms with Crippen LogP contribution in [-0.2, 0) is 0 Å². The standard InChI is InChI=1S/C25H24N2O4/c1-3-16-30-21-14-10-20(11-15-21)24(28)27-26-17-19-8-12-22(13-9-19)31-25(29)23-7-5-4-6-18(23)2/h4-15,17H,3,16H2,1-2H3,(H,27,28)/b26-17-. The second-order valence-electron chi connectivity index (χ2n) is 6.85. The number of aryl methyl sites for hydroxylation is 1. The van der Waals surface area contributed by atoms with Gasteiger partial charge in [-0.2, -0.15) is 5.10 Å². The van der Waals surface area contributed by atoms with Gasteiger partial charge in [-0.15, -0.1) is 0 Å². The lowest BCUT2D eigenvalue weighted by atomic mass is 10.1. The number of carbonyl (C=O) groups is 2. The fourth-order valence-corrected chi connectivity index (χ4v) is 2.74. The lowest BCUT2D eigenvalue weighted by molar-refractivity contribution is 0.0733. The zero-order valence-electron chi connectivity index (χ0n) is 17.5. The van der Waals surface area contributed by atoms with Gasteiger partial charge in [-0.05, 0) is 79.1 Å². The monoisotopic (exact) mass is 416 g/mol. The van der Waals surface area contributed by atoms with Crippen LogP contribution < -0.4 is 14.9 Å². The SMILES string of the molecule is CCCOc1ccc(C(=O)N/N=C\c2ccc(OC(=O)c3ccccc3C)cc2)cc1. The quantitative estimate of drug-likeness (QED) is 0.248. The number of nitrogens with zero attached hydrogens (tertiary/aromatic N) is 1. The van der Waals surface area contributed by atoms with Crippen molar-refractivity contribution in [3.63, 3.8) is 0 Å². The van der Waals surface area contributed by atoms with Crippen LogP contribution in [0.2, 0.25) is 0 Å². The number of carbonyl (C=O) groups excluding carboxylic acids is 2. The van der Waals surface area contributed by atoms with Gasteiger partial charge in [-0.25, -0.2) is 10.2 Å². The molecule has 3 aromatic carbocycles. The Hall–Kier alpha value is -3.93. The maximum Gasteiger partial charge on any atom is 0.343 e. The van der Waals surface area contributed by atoms with E-state index >= 15 is 0 Å². The highest BCUT2D eigenvalue weighted by atomic mass is 16.5. The number of hydrogen-bond acceptors (Lipinski definition) is 5. The van der Waals surface area contributed by atoms with E-state index in [0.717, 1.165) is 23.3 Å². The zero-order valence-corrected chi connectivity index (χ0v) is 17.5. The van der Waals surface area contributed by atoms with Crippen molar-refractivity contribution in [3.05, 3.63) is 95.1 Å². The van der Waals surface area contributed by atoms with E-state index in [9.17, 15) is 9.59 Å². The predicted octanol–water partition coefficient (Wildman–Crippen LogP) is 4.77. The molecule has 31 heavy (non-hydrogen) atoms. The summed E-state index contributed by atoms with van der Waals surface area (Å²) in [7, 11) is 0. The topological polar surface area (TPSA) is 77.0 Å². The Morgan fingerprint density at radius 3 is 2.29 bits per heavy atom. The fourth-order valence-electron chi connectivity index (χ4n) is 2.74. The molecular weight excluding hydrogens is 392 g/mol. The highest BCUT2D eigenvalue weighted by Crippen LogP contribution is 2.16. The first-order valence-electron chi connectivity index (χ1n) is 10.0. The molecule has 0 bridgehead atoms. The first kappa shape index (κ1) is 21.8. The van der Waals surface area contributed by atoms with Crippen molar-refractivity contribution in [2.45, 2.75) is 20.3 Å². The molecule has 1 amide bonds. The third-order valence-electron chi connectivity index (χ3n) is 4.42. The van der Waals surface area contributed by atoms with Crippen LogP contribution in [-0.4, -0.2) is 24.7 Å². The van der Waals surface area contributed by atoms with E-state index < -0.39 is 5.97 Å². The lowest BCUT2D eigenvalue weighted by Crippen LogP contribution is -2.17. The predicted molar refractivity (Wildman–Crippen MR) is 120 cm³/mol. The van der Waals surface area contributed by atoms with Crippen molar-refractivity contribution in [2.75, 3.05) is 6.61 Å². The third kappa shape index (κ3) is 6.27. The minimum atomic E-state index is -0.405. The van der Waals surface area contributed by atoms with Crippen LogP contribution in [0.25, 0.3) is 0 Å². The van der Waals surface area contributed by atoms with Crippen molar-refractivity contribution in [2.24, 2.45) is 5.10 Å². The van der Waals surface area contributed by atoms with Gasteiger partial charge in [-0.1, -0.05) is 25.1 Å². The van der Waals surface area contributed by atoms with Crippen LogP contribution in [0.15, 0.2) is 77.9 Å². The van der Waals surface area contributed by atoms with Gasteiger partial charge in [0.25, 0.3) is 5.91 Å². The molecule has 1 N–H and O–H groups in total. The van der Waals surface area contributed by atoms with E-state index in [0.29, 0.717) is 23.5 Å². The van der Waals surface area contributed by atoms with Gasteiger partial charge in [0.15, 0.2) is 0 Å². The molecule has 6 nitrogen and oxygen atoms in total. The molecule has 0 spiro atoms. The van der Waals surface area contributed by atoms with Crippen LogP contribution in [0.1, 0.15) is 45.2 Å². The van der Waals surface area contributed by atoms with E-state index in [2.05, 4.69) is 10.5 Å². The number of esters is 1. The zero-order chi connectivity index (χ0) is 22.1. The summed E-state index contributed by atoms with van der Waals surface area (Å²) in [6, 6.07) is 21.0. The first-order valence-corrected chi connectivity index (χ1v) is 10.0.